The van der Waals surface area contributed by atoms with Crippen LogP contribution in [0.5, 0.6) is 5.75 Å². The molecule has 1 saturated carbocycles. The quantitative estimate of drug-likeness (QED) is 0.493. The van der Waals surface area contributed by atoms with Gasteiger partial charge in [0.15, 0.2) is 5.75 Å². The zero-order chi connectivity index (χ0) is 26.7. The topological polar surface area (TPSA) is 85.1 Å². The third-order valence-corrected chi connectivity index (χ3v) is 9.24. The maximum Gasteiger partial charge on any atom is 0.253 e. The van der Waals surface area contributed by atoms with Crippen LogP contribution >= 0.6 is 0 Å². The molecule has 1 aromatic carbocycles. The van der Waals surface area contributed by atoms with E-state index in [-0.39, 0.29) is 12.0 Å². The minimum Gasteiger partial charge on any atom is -0.485 e. The SMILES string of the molecule is Cc1nc2nc(C)c(O[C@@H]3CCN(c4ccc([C@H]5CC[C@H](C(=O)N6CC7CC(C6)O7)CC5)cc4)C3)c(C)n2n1. The van der Waals surface area contributed by atoms with Crippen LogP contribution in [-0.4, -0.2) is 74.9 Å². The third kappa shape index (κ3) is 4.64. The van der Waals surface area contributed by atoms with Crippen molar-refractivity contribution in [1.29, 1.82) is 0 Å². The smallest absolute Gasteiger partial charge is 0.253 e. The van der Waals surface area contributed by atoms with Crippen LogP contribution in [-0.2, 0) is 9.53 Å². The minimum absolute atomic E-state index is 0.108. The van der Waals surface area contributed by atoms with Crippen molar-refractivity contribution in [2.75, 3.05) is 31.1 Å². The lowest BCUT2D eigenvalue weighted by Gasteiger charge is -2.48. The molecule has 2 aromatic heterocycles. The summed E-state index contributed by atoms with van der Waals surface area (Å²) in [6.45, 7) is 9.29. The molecule has 0 N–H and O–H groups in total. The number of aromatic nitrogens is 4. The van der Waals surface area contributed by atoms with Crippen molar-refractivity contribution in [2.24, 2.45) is 5.92 Å². The van der Waals surface area contributed by atoms with Gasteiger partial charge in [-0.3, -0.25) is 4.79 Å². The number of anilines is 1. The van der Waals surface area contributed by atoms with Crippen molar-refractivity contribution in [1.82, 2.24) is 24.5 Å². The molecule has 8 rings (SSSR count). The maximum absolute atomic E-state index is 13.0. The summed E-state index contributed by atoms with van der Waals surface area (Å²) in [5.74, 6) is 3.25. The molecule has 0 spiro atoms. The van der Waals surface area contributed by atoms with Gasteiger partial charge in [-0.05, 0) is 70.1 Å². The molecule has 206 valence electrons. The molecular weight excluding hydrogens is 492 g/mol. The highest BCUT2D eigenvalue weighted by Gasteiger charge is 2.42. The second-order valence-electron chi connectivity index (χ2n) is 12.0. The summed E-state index contributed by atoms with van der Waals surface area (Å²) in [6, 6.07) is 9.12. The van der Waals surface area contributed by atoms with Gasteiger partial charge in [0.25, 0.3) is 5.78 Å². The van der Waals surface area contributed by atoms with Gasteiger partial charge < -0.3 is 19.3 Å². The molecule has 5 aliphatic rings. The molecule has 1 amide bonds. The molecule has 39 heavy (non-hydrogen) atoms. The number of hydrogen-bond donors (Lipinski definition) is 0. The monoisotopic (exact) mass is 530 g/mol. The van der Waals surface area contributed by atoms with E-state index in [0.29, 0.717) is 35.6 Å². The van der Waals surface area contributed by atoms with Crippen LogP contribution in [0.15, 0.2) is 24.3 Å². The first-order valence-corrected chi connectivity index (χ1v) is 14.6. The van der Waals surface area contributed by atoms with Crippen molar-refractivity contribution in [3.8, 4) is 5.75 Å². The first-order valence-electron chi connectivity index (χ1n) is 14.6. The fraction of sp³-hybridized carbons (Fsp3) is 0.600. The summed E-state index contributed by atoms with van der Waals surface area (Å²) in [5, 5.41) is 4.47. The summed E-state index contributed by atoms with van der Waals surface area (Å²) in [7, 11) is 0. The van der Waals surface area contributed by atoms with Gasteiger partial charge in [0.1, 0.15) is 11.9 Å². The Balaban J connectivity index is 0.940. The van der Waals surface area contributed by atoms with E-state index in [2.05, 4.69) is 49.1 Å². The minimum atomic E-state index is 0.108. The van der Waals surface area contributed by atoms with Gasteiger partial charge in [-0.2, -0.15) is 9.50 Å². The number of piperidine rings is 1. The van der Waals surface area contributed by atoms with E-state index < -0.39 is 0 Å². The molecular formula is C30H38N6O3. The number of hydrogen-bond acceptors (Lipinski definition) is 7. The van der Waals surface area contributed by atoms with E-state index in [1.54, 1.807) is 4.52 Å². The van der Waals surface area contributed by atoms with E-state index in [1.807, 2.05) is 20.8 Å². The Morgan fingerprint density at radius 2 is 1.67 bits per heavy atom. The zero-order valence-corrected chi connectivity index (χ0v) is 23.2. The number of benzene rings is 1. The second-order valence-corrected chi connectivity index (χ2v) is 12.0. The van der Waals surface area contributed by atoms with Gasteiger partial charge in [0, 0.05) is 44.1 Å². The Morgan fingerprint density at radius 3 is 2.38 bits per heavy atom. The maximum atomic E-state index is 13.0. The van der Waals surface area contributed by atoms with E-state index >= 15 is 0 Å². The highest BCUT2D eigenvalue weighted by Crippen LogP contribution is 2.38. The van der Waals surface area contributed by atoms with Crippen LogP contribution in [0.3, 0.4) is 0 Å². The normalized spacial score (nSPS) is 28.5. The summed E-state index contributed by atoms with van der Waals surface area (Å²) < 4.78 is 14.0. The van der Waals surface area contributed by atoms with E-state index in [1.165, 1.54) is 11.3 Å². The number of ether oxygens (including phenoxy) is 2. The van der Waals surface area contributed by atoms with Crippen LogP contribution in [0, 0.1) is 26.7 Å². The average Bonchev–Trinajstić information content (AvgIpc) is 3.57. The predicted molar refractivity (Wildman–Crippen MR) is 147 cm³/mol. The lowest BCUT2D eigenvalue weighted by atomic mass is 9.78. The van der Waals surface area contributed by atoms with Gasteiger partial charge in [0.05, 0.1) is 30.1 Å². The molecule has 9 heteroatoms. The lowest BCUT2D eigenvalue weighted by molar-refractivity contribution is -0.190. The Hall–Kier alpha value is -3.20. The van der Waals surface area contributed by atoms with Gasteiger partial charge in [-0.25, -0.2) is 4.98 Å². The lowest BCUT2D eigenvalue weighted by Crippen LogP contribution is -2.59. The molecule has 2 bridgehead atoms. The van der Waals surface area contributed by atoms with Crippen LogP contribution < -0.4 is 9.64 Å². The largest absolute Gasteiger partial charge is 0.485 e. The van der Waals surface area contributed by atoms with Crippen molar-refractivity contribution < 1.29 is 14.3 Å². The Bertz CT molecular complexity index is 1360. The highest BCUT2D eigenvalue weighted by molar-refractivity contribution is 5.79. The second kappa shape index (κ2) is 9.77. The molecule has 1 aliphatic carbocycles. The first kappa shape index (κ1) is 24.8. The Labute approximate surface area is 229 Å². The van der Waals surface area contributed by atoms with Crippen LogP contribution in [0.2, 0.25) is 0 Å². The molecule has 4 saturated heterocycles. The summed E-state index contributed by atoms with van der Waals surface area (Å²) in [4.78, 5) is 26.5. The summed E-state index contributed by atoms with van der Waals surface area (Å²) in [5.41, 5.74) is 4.44. The van der Waals surface area contributed by atoms with Gasteiger partial charge in [-0.15, -0.1) is 5.10 Å². The summed E-state index contributed by atoms with van der Waals surface area (Å²) >= 11 is 0. The van der Waals surface area contributed by atoms with Crippen molar-refractivity contribution >= 4 is 17.4 Å². The number of fused-ring (bicyclic) bond motifs is 3. The summed E-state index contributed by atoms with van der Waals surface area (Å²) in [6.07, 6.45) is 6.97. The van der Waals surface area contributed by atoms with Crippen molar-refractivity contribution in [3.63, 3.8) is 0 Å². The van der Waals surface area contributed by atoms with Gasteiger partial charge in [0.2, 0.25) is 5.91 Å². The average molecular weight is 531 g/mol. The zero-order valence-electron chi connectivity index (χ0n) is 23.2. The number of carbonyl (C=O) groups is 1. The molecule has 3 aromatic rings. The first-order chi connectivity index (χ1) is 18.9. The fourth-order valence-electron chi connectivity index (χ4n) is 7.08. The van der Waals surface area contributed by atoms with Gasteiger partial charge in [-0.1, -0.05) is 12.1 Å². The molecule has 5 fully saturated rings. The number of carbonyl (C=O) groups excluding carboxylic acids is 1. The number of nitrogens with zero attached hydrogens (tertiary/aromatic N) is 6. The number of morpholine rings is 1. The van der Waals surface area contributed by atoms with Gasteiger partial charge >= 0.3 is 0 Å². The predicted octanol–water partition coefficient (Wildman–Crippen LogP) is 3.98. The van der Waals surface area contributed by atoms with E-state index in [0.717, 1.165) is 81.8 Å². The van der Waals surface area contributed by atoms with Crippen LogP contribution in [0.25, 0.3) is 5.78 Å². The Morgan fingerprint density at radius 1 is 0.949 bits per heavy atom. The number of rotatable bonds is 5. The van der Waals surface area contributed by atoms with Crippen molar-refractivity contribution in [2.45, 2.75) is 83.5 Å². The number of aryl methyl sites for hydroxylation is 3. The highest BCUT2D eigenvalue weighted by atomic mass is 16.5. The van der Waals surface area contributed by atoms with Crippen LogP contribution in [0.4, 0.5) is 5.69 Å². The molecule has 3 atom stereocenters. The molecule has 6 heterocycles. The molecule has 9 nitrogen and oxygen atoms in total. The standard InChI is InChI=1S/C30H38N6O3/c1-18-28(19(2)36-30(31-18)32-20(3)33-36)39-25-12-13-34(15-25)24-10-8-22(9-11-24)21-4-6-23(7-5-21)29(37)35-16-26-14-27(17-35)38-26/h8-11,21,23,25-27H,4-7,12-17H2,1-3H3/t21-,23-,25-,26?,27?/m1/s1. The number of amides is 1. The van der Waals surface area contributed by atoms with Crippen molar-refractivity contribution in [3.05, 3.63) is 47.0 Å². The Kier molecular flexibility index (Phi) is 6.21. The molecule has 0 radical (unpaired) electrons. The molecule has 2 unspecified atom stereocenters. The van der Waals surface area contributed by atoms with Crippen LogP contribution in [0.1, 0.15) is 67.2 Å². The molecule has 4 aliphatic heterocycles. The fourth-order valence-corrected chi connectivity index (χ4v) is 7.08. The van der Waals surface area contributed by atoms with E-state index in [9.17, 15) is 4.79 Å². The third-order valence-electron chi connectivity index (χ3n) is 9.24. The van der Waals surface area contributed by atoms with E-state index in [4.69, 9.17) is 9.47 Å².